The maximum Gasteiger partial charge on any atom is 0.207 e. The Labute approximate surface area is 108 Å². The Kier molecular flexibility index (Phi) is 7.46. The molecule has 1 atom stereocenters. The van der Waals surface area contributed by atoms with Gasteiger partial charge in [0.1, 0.15) is 11.8 Å². The minimum atomic E-state index is -0.565. The highest BCUT2D eigenvalue weighted by Crippen LogP contribution is 2.24. The van der Waals surface area contributed by atoms with Crippen LogP contribution >= 0.6 is 11.8 Å². The van der Waals surface area contributed by atoms with Crippen LogP contribution in [0.2, 0.25) is 0 Å². The summed E-state index contributed by atoms with van der Waals surface area (Å²) in [5.41, 5.74) is -0.523. The SMILES string of the molecule is COC(C)(C)C.O=CNC1(C=O)CCCSC1. The maximum atomic E-state index is 10.6. The van der Waals surface area contributed by atoms with Gasteiger partial charge < -0.3 is 14.8 Å². The van der Waals surface area contributed by atoms with Gasteiger partial charge in [-0.3, -0.25) is 4.79 Å². The van der Waals surface area contributed by atoms with Crippen molar-refractivity contribution in [2.45, 2.75) is 44.8 Å². The molecule has 1 aliphatic rings. The molecule has 0 aromatic heterocycles. The molecule has 1 saturated heterocycles. The number of carbonyl (C=O) groups excluding carboxylic acids is 2. The fourth-order valence-corrected chi connectivity index (χ4v) is 2.33. The highest BCUT2D eigenvalue weighted by atomic mass is 32.2. The molecule has 1 rings (SSSR count). The maximum absolute atomic E-state index is 10.6. The predicted molar refractivity (Wildman–Crippen MR) is 71.3 cm³/mol. The van der Waals surface area contributed by atoms with Crippen molar-refractivity contribution >= 4 is 24.5 Å². The van der Waals surface area contributed by atoms with Gasteiger partial charge in [0, 0.05) is 12.9 Å². The van der Waals surface area contributed by atoms with Crippen LogP contribution in [0.1, 0.15) is 33.6 Å². The number of methoxy groups -OCH3 is 1. The normalized spacial score (nSPS) is 24.2. The predicted octanol–water partition coefficient (Wildman–Crippen LogP) is 1.63. The Morgan fingerprint density at radius 1 is 1.35 bits per heavy atom. The summed E-state index contributed by atoms with van der Waals surface area (Å²) in [5.74, 6) is 1.81. The van der Waals surface area contributed by atoms with E-state index in [0.717, 1.165) is 30.6 Å². The van der Waals surface area contributed by atoms with Crippen LogP contribution in [0.3, 0.4) is 0 Å². The first-order valence-electron chi connectivity index (χ1n) is 5.70. The Balaban J connectivity index is 0.000000366. The minimum Gasteiger partial charge on any atom is -0.379 e. The number of carbonyl (C=O) groups is 2. The van der Waals surface area contributed by atoms with Gasteiger partial charge >= 0.3 is 0 Å². The average molecular weight is 261 g/mol. The summed E-state index contributed by atoms with van der Waals surface area (Å²) >= 11 is 1.71. The fourth-order valence-electron chi connectivity index (χ4n) is 1.17. The third-order valence-corrected chi connectivity index (χ3v) is 3.75. The largest absolute Gasteiger partial charge is 0.379 e. The van der Waals surface area contributed by atoms with E-state index in [9.17, 15) is 9.59 Å². The van der Waals surface area contributed by atoms with Gasteiger partial charge in [-0.15, -0.1) is 0 Å². The molecule has 0 spiro atoms. The van der Waals surface area contributed by atoms with E-state index in [1.165, 1.54) is 0 Å². The quantitative estimate of drug-likeness (QED) is 0.785. The number of rotatable bonds is 3. The van der Waals surface area contributed by atoms with Crippen LogP contribution in [0.25, 0.3) is 0 Å². The lowest BCUT2D eigenvalue weighted by Gasteiger charge is -2.30. The van der Waals surface area contributed by atoms with Gasteiger partial charge in [0.15, 0.2) is 0 Å². The van der Waals surface area contributed by atoms with Crippen molar-refractivity contribution in [3.8, 4) is 0 Å². The van der Waals surface area contributed by atoms with E-state index in [1.807, 2.05) is 20.8 Å². The lowest BCUT2D eigenvalue weighted by molar-refractivity contribution is -0.118. The van der Waals surface area contributed by atoms with E-state index in [2.05, 4.69) is 5.32 Å². The van der Waals surface area contributed by atoms with Crippen LogP contribution in [0.5, 0.6) is 0 Å². The topological polar surface area (TPSA) is 55.4 Å². The van der Waals surface area contributed by atoms with Crippen molar-refractivity contribution in [1.29, 1.82) is 0 Å². The molecule has 0 aromatic carbocycles. The number of thioether (sulfide) groups is 1. The molecule has 4 nitrogen and oxygen atoms in total. The smallest absolute Gasteiger partial charge is 0.207 e. The Bertz CT molecular complexity index is 232. The summed E-state index contributed by atoms with van der Waals surface area (Å²) in [4.78, 5) is 20.8. The van der Waals surface area contributed by atoms with Crippen molar-refractivity contribution in [1.82, 2.24) is 5.32 Å². The number of hydrogen-bond donors (Lipinski definition) is 1. The summed E-state index contributed by atoms with van der Waals surface area (Å²) in [6, 6.07) is 0. The van der Waals surface area contributed by atoms with E-state index in [4.69, 9.17) is 4.74 Å². The van der Waals surface area contributed by atoms with Gasteiger partial charge in [-0.1, -0.05) is 0 Å². The molecule has 1 unspecified atom stereocenters. The first-order valence-corrected chi connectivity index (χ1v) is 6.85. The molecule has 0 saturated carbocycles. The summed E-state index contributed by atoms with van der Waals surface area (Å²) in [6.45, 7) is 6.06. The lowest BCUT2D eigenvalue weighted by atomic mass is 9.98. The van der Waals surface area contributed by atoms with E-state index >= 15 is 0 Å². The summed E-state index contributed by atoms with van der Waals surface area (Å²) in [5, 5.41) is 2.58. The summed E-state index contributed by atoms with van der Waals surface area (Å²) in [7, 11) is 1.71. The van der Waals surface area contributed by atoms with Crippen molar-refractivity contribution in [3.05, 3.63) is 0 Å². The van der Waals surface area contributed by atoms with E-state index in [1.54, 1.807) is 18.9 Å². The molecule has 1 fully saturated rings. The number of nitrogens with one attached hydrogen (secondary N) is 1. The molecular formula is C12H23NO3S. The zero-order valence-corrected chi connectivity index (χ0v) is 11.9. The molecule has 0 bridgehead atoms. The van der Waals surface area contributed by atoms with Gasteiger partial charge in [-0.05, 0) is 39.4 Å². The minimum absolute atomic E-state index is 0.0417. The molecule has 1 heterocycles. The first-order chi connectivity index (χ1) is 7.89. The second kappa shape index (κ2) is 7.71. The number of aldehydes is 1. The van der Waals surface area contributed by atoms with Crippen molar-refractivity contribution in [2.24, 2.45) is 0 Å². The van der Waals surface area contributed by atoms with Crippen LogP contribution in [-0.4, -0.2) is 42.5 Å². The molecule has 17 heavy (non-hydrogen) atoms. The van der Waals surface area contributed by atoms with Crippen LogP contribution in [0.15, 0.2) is 0 Å². The summed E-state index contributed by atoms with van der Waals surface area (Å²) < 4.78 is 4.94. The van der Waals surface area contributed by atoms with Gasteiger partial charge in [-0.25, -0.2) is 0 Å². The Morgan fingerprint density at radius 3 is 2.24 bits per heavy atom. The molecule has 1 amide bonds. The van der Waals surface area contributed by atoms with Crippen LogP contribution in [0, 0.1) is 0 Å². The second-order valence-corrected chi connectivity index (χ2v) is 6.11. The van der Waals surface area contributed by atoms with E-state index in [0.29, 0.717) is 6.41 Å². The van der Waals surface area contributed by atoms with E-state index < -0.39 is 5.54 Å². The third-order valence-electron chi connectivity index (χ3n) is 2.46. The van der Waals surface area contributed by atoms with Gasteiger partial charge in [-0.2, -0.15) is 11.8 Å². The molecule has 0 aliphatic carbocycles. The molecule has 0 aromatic rings. The zero-order chi connectivity index (χ0) is 13.4. The molecular weight excluding hydrogens is 238 g/mol. The molecule has 0 radical (unpaired) electrons. The van der Waals surface area contributed by atoms with Crippen molar-refractivity contribution in [2.75, 3.05) is 18.6 Å². The number of amides is 1. The molecule has 1 N–H and O–H groups in total. The van der Waals surface area contributed by atoms with Crippen LogP contribution in [0.4, 0.5) is 0 Å². The lowest BCUT2D eigenvalue weighted by Crippen LogP contribution is -2.50. The first kappa shape index (κ1) is 16.4. The molecule has 1 aliphatic heterocycles. The zero-order valence-electron chi connectivity index (χ0n) is 11.1. The summed E-state index contributed by atoms with van der Waals surface area (Å²) in [6.07, 6.45) is 3.25. The van der Waals surface area contributed by atoms with Gasteiger partial charge in [0.25, 0.3) is 0 Å². The Hall–Kier alpha value is -0.550. The van der Waals surface area contributed by atoms with Crippen LogP contribution < -0.4 is 5.32 Å². The Morgan fingerprint density at radius 2 is 1.94 bits per heavy atom. The monoisotopic (exact) mass is 261 g/mol. The second-order valence-electron chi connectivity index (χ2n) is 5.01. The van der Waals surface area contributed by atoms with Crippen molar-refractivity contribution in [3.63, 3.8) is 0 Å². The molecule has 100 valence electrons. The van der Waals surface area contributed by atoms with Crippen LogP contribution in [-0.2, 0) is 14.3 Å². The molecule has 5 heteroatoms. The highest BCUT2D eigenvalue weighted by molar-refractivity contribution is 7.99. The van der Waals surface area contributed by atoms with E-state index in [-0.39, 0.29) is 5.60 Å². The van der Waals surface area contributed by atoms with Gasteiger partial charge in [0.2, 0.25) is 6.41 Å². The average Bonchev–Trinajstić information content (AvgIpc) is 2.31. The number of hydrogen-bond acceptors (Lipinski definition) is 4. The standard InChI is InChI=1S/C7H11NO2S.C5H12O/c9-4-7(8-6-10)2-1-3-11-5-7;1-5(2,3)6-4/h4,6H,1-3,5H2,(H,8,10);1-4H3. The number of ether oxygens (including phenoxy) is 1. The van der Waals surface area contributed by atoms with Crippen molar-refractivity contribution < 1.29 is 14.3 Å². The third kappa shape index (κ3) is 7.39. The fraction of sp³-hybridized carbons (Fsp3) is 0.833. The van der Waals surface area contributed by atoms with Gasteiger partial charge in [0.05, 0.1) is 5.60 Å². The highest BCUT2D eigenvalue weighted by Gasteiger charge is 2.31.